The lowest BCUT2D eigenvalue weighted by molar-refractivity contribution is -0.0187. The summed E-state index contributed by atoms with van der Waals surface area (Å²) in [5.74, 6) is 1.44. The van der Waals surface area contributed by atoms with Gasteiger partial charge in [-0.3, -0.25) is 0 Å². The van der Waals surface area contributed by atoms with Crippen LogP contribution in [0.1, 0.15) is 69.9 Å². The predicted molar refractivity (Wildman–Crippen MR) is 125 cm³/mol. The number of piperidine rings is 1. The van der Waals surface area contributed by atoms with Crippen LogP contribution in [-0.2, 0) is 5.60 Å². The van der Waals surface area contributed by atoms with Crippen molar-refractivity contribution >= 4 is 0 Å². The quantitative estimate of drug-likeness (QED) is 0.524. The summed E-state index contributed by atoms with van der Waals surface area (Å²) in [6.45, 7) is 10.3. The molecule has 1 fully saturated rings. The number of aliphatic hydroxyl groups is 1. The molecule has 2 aromatic carbocycles. The van der Waals surface area contributed by atoms with Crippen LogP contribution in [0.3, 0.4) is 0 Å². The number of hydrogen-bond donors (Lipinski definition) is 1. The topological polar surface area (TPSA) is 32.7 Å². The summed E-state index contributed by atoms with van der Waals surface area (Å²) in [5, 5.41) is 12.3. The first-order valence-corrected chi connectivity index (χ1v) is 11.8. The van der Waals surface area contributed by atoms with E-state index in [0.29, 0.717) is 12.5 Å². The molecular weight excluding hydrogens is 370 g/mol. The van der Waals surface area contributed by atoms with Gasteiger partial charge in [0.15, 0.2) is 0 Å². The maximum Gasteiger partial charge on any atom is 0.119 e. The molecule has 0 aliphatic carbocycles. The summed E-state index contributed by atoms with van der Waals surface area (Å²) in [7, 11) is 0. The highest BCUT2D eigenvalue weighted by atomic mass is 16.5. The molecule has 30 heavy (non-hydrogen) atoms. The normalized spacial score (nSPS) is 18.2. The molecular formula is C27H39NO2. The molecule has 0 amide bonds. The molecule has 1 aliphatic rings. The number of ether oxygens (including phenoxy) is 1. The molecule has 1 N–H and O–H groups in total. The van der Waals surface area contributed by atoms with E-state index in [1.54, 1.807) is 0 Å². The molecule has 1 aliphatic heterocycles. The molecule has 0 unspecified atom stereocenters. The van der Waals surface area contributed by atoms with Crippen LogP contribution in [-0.4, -0.2) is 36.2 Å². The number of benzene rings is 2. The Bertz CT molecular complexity index is 737. The zero-order valence-electron chi connectivity index (χ0n) is 19.0. The van der Waals surface area contributed by atoms with Crippen LogP contribution in [0, 0.1) is 5.92 Å². The van der Waals surface area contributed by atoms with E-state index in [0.717, 1.165) is 43.8 Å². The molecule has 0 radical (unpaired) electrons. The van der Waals surface area contributed by atoms with Crippen molar-refractivity contribution in [1.29, 1.82) is 0 Å². The van der Waals surface area contributed by atoms with Crippen molar-refractivity contribution in [2.45, 2.75) is 64.4 Å². The standard InChI is InChI=1S/C27H39NO2/c1-4-30-25-15-13-24(14-16-25)27(29,18-17-22(2)3)26(23-11-7-5-8-12-23)21-28-19-9-6-10-20-28/h5,7-8,11-16,22,26,29H,4,6,9-10,17-21H2,1-3H3/t26-,27-/m1/s1. The highest BCUT2D eigenvalue weighted by Crippen LogP contribution is 2.42. The van der Waals surface area contributed by atoms with Crippen LogP contribution in [0.5, 0.6) is 5.75 Å². The summed E-state index contributed by atoms with van der Waals surface area (Å²) in [5.41, 5.74) is 1.31. The van der Waals surface area contributed by atoms with E-state index in [2.05, 4.69) is 61.2 Å². The molecule has 0 spiro atoms. The lowest BCUT2D eigenvalue weighted by atomic mass is 9.73. The van der Waals surface area contributed by atoms with Gasteiger partial charge < -0.3 is 14.7 Å². The van der Waals surface area contributed by atoms with E-state index in [-0.39, 0.29) is 5.92 Å². The Morgan fingerprint density at radius 3 is 2.23 bits per heavy atom. The van der Waals surface area contributed by atoms with Crippen molar-refractivity contribution in [3.63, 3.8) is 0 Å². The Morgan fingerprint density at radius 1 is 0.967 bits per heavy atom. The third-order valence-corrected chi connectivity index (χ3v) is 6.44. The lowest BCUT2D eigenvalue weighted by Crippen LogP contribution is -2.43. The van der Waals surface area contributed by atoms with Gasteiger partial charge in [-0.1, -0.05) is 62.7 Å². The van der Waals surface area contributed by atoms with E-state index in [1.165, 1.54) is 24.8 Å². The van der Waals surface area contributed by atoms with E-state index in [1.807, 2.05) is 19.1 Å². The van der Waals surface area contributed by atoms with Crippen LogP contribution in [0.25, 0.3) is 0 Å². The largest absolute Gasteiger partial charge is 0.494 e. The molecule has 1 heterocycles. The van der Waals surface area contributed by atoms with Gasteiger partial charge in [-0.2, -0.15) is 0 Å². The van der Waals surface area contributed by atoms with Crippen molar-refractivity contribution in [2.75, 3.05) is 26.2 Å². The highest BCUT2D eigenvalue weighted by Gasteiger charge is 2.40. The minimum atomic E-state index is -0.909. The Kier molecular flexibility index (Phi) is 8.35. The van der Waals surface area contributed by atoms with Crippen molar-refractivity contribution in [3.05, 3.63) is 65.7 Å². The third-order valence-electron chi connectivity index (χ3n) is 6.44. The zero-order valence-corrected chi connectivity index (χ0v) is 19.0. The fraction of sp³-hybridized carbons (Fsp3) is 0.556. The van der Waals surface area contributed by atoms with Gasteiger partial charge in [0.2, 0.25) is 0 Å². The van der Waals surface area contributed by atoms with Gasteiger partial charge in [0.1, 0.15) is 5.75 Å². The minimum Gasteiger partial charge on any atom is -0.494 e. The van der Waals surface area contributed by atoms with E-state index >= 15 is 0 Å². The fourth-order valence-electron chi connectivity index (χ4n) is 4.65. The van der Waals surface area contributed by atoms with Gasteiger partial charge in [0.05, 0.1) is 12.2 Å². The Morgan fingerprint density at radius 2 is 1.63 bits per heavy atom. The SMILES string of the molecule is CCOc1ccc([C@](O)(CCC(C)C)[C@H](CN2CCCCC2)c2ccccc2)cc1. The second-order valence-corrected chi connectivity index (χ2v) is 9.14. The van der Waals surface area contributed by atoms with Crippen LogP contribution in [0.4, 0.5) is 0 Å². The Balaban J connectivity index is 1.98. The Labute approximate surface area is 183 Å². The van der Waals surface area contributed by atoms with Gasteiger partial charge in [-0.15, -0.1) is 0 Å². The highest BCUT2D eigenvalue weighted by molar-refractivity contribution is 5.35. The van der Waals surface area contributed by atoms with Crippen LogP contribution in [0.15, 0.2) is 54.6 Å². The maximum atomic E-state index is 12.3. The number of likely N-dealkylation sites (tertiary alicyclic amines) is 1. The Hall–Kier alpha value is -1.84. The van der Waals surface area contributed by atoms with Gasteiger partial charge in [-0.25, -0.2) is 0 Å². The molecule has 3 heteroatoms. The van der Waals surface area contributed by atoms with Crippen molar-refractivity contribution < 1.29 is 9.84 Å². The van der Waals surface area contributed by atoms with E-state index < -0.39 is 5.60 Å². The lowest BCUT2D eigenvalue weighted by Gasteiger charge is -2.41. The predicted octanol–water partition coefficient (Wildman–Crippen LogP) is 5.98. The molecule has 3 nitrogen and oxygen atoms in total. The van der Waals surface area contributed by atoms with Crippen molar-refractivity contribution in [1.82, 2.24) is 4.90 Å². The van der Waals surface area contributed by atoms with Crippen molar-refractivity contribution in [2.24, 2.45) is 5.92 Å². The third kappa shape index (κ3) is 5.86. The first kappa shape index (κ1) is 22.8. The summed E-state index contributed by atoms with van der Waals surface area (Å²) >= 11 is 0. The average molecular weight is 410 g/mol. The zero-order chi connectivity index (χ0) is 21.4. The number of rotatable bonds is 10. The molecule has 2 atom stereocenters. The first-order valence-electron chi connectivity index (χ1n) is 11.8. The van der Waals surface area contributed by atoms with Gasteiger partial charge >= 0.3 is 0 Å². The van der Waals surface area contributed by atoms with E-state index in [4.69, 9.17) is 4.74 Å². The maximum absolute atomic E-state index is 12.3. The minimum absolute atomic E-state index is 0.0356. The molecule has 2 aromatic rings. The van der Waals surface area contributed by atoms with Gasteiger partial charge in [0.25, 0.3) is 0 Å². The van der Waals surface area contributed by atoms with Crippen molar-refractivity contribution in [3.8, 4) is 5.75 Å². The van der Waals surface area contributed by atoms with E-state index in [9.17, 15) is 5.11 Å². The first-order chi connectivity index (χ1) is 14.5. The van der Waals surface area contributed by atoms with Crippen LogP contribution < -0.4 is 4.74 Å². The smallest absolute Gasteiger partial charge is 0.119 e. The fourth-order valence-corrected chi connectivity index (χ4v) is 4.65. The molecule has 0 saturated carbocycles. The van der Waals surface area contributed by atoms with Gasteiger partial charge in [0, 0.05) is 12.5 Å². The molecule has 164 valence electrons. The second-order valence-electron chi connectivity index (χ2n) is 9.14. The molecule has 1 saturated heterocycles. The van der Waals surface area contributed by atoms with Gasteiger partial charge in [-0.05, 0) is 74.9 Å². The summed E-state index contributed by atoms with van der Waals surface area (Å²) in [6, 6.07) is 18.8. The summed E-state index contributed by atoms with van der Waals surface area (Å²) in [4.78, 5) is 2.55. The monoisotopic (exact) mass is 409 g/mol. The number of nitrogens with zero attached hydrogens (tertiary/aromatic N) is 1. The summed E-state index contributed by atoms with van der Waals surface area (Å²) < 4.78 is 5.65. The van der Waals surface area contributed by atoms with Crippen LogP contribution in [0.2, 0.25) is 0 Å². The average Bonchev–Trinajstić information content (AvgIpc) is 2.78. The van der Waals surface area contributed by atoms with Crippen LogP contribution >= 0.6 is 0 Å². The second kappa shape index (κ2) is 11.0. The summed E-state index contributed by atoms with van der Waals surface area (Å²) in [6.07, 6.45) is 5.59. The number of hydrogen-bond acceptors (Lipinski definition) is 3. The molecule has 0 bridgehead atoms. The molecule has 3 rings (SSSR count). The molecule has 0 aromatic heterocycles.